The Balaban J connectivity index is 2.39. The van der Waals surface area contributed by atoms with Gasteiger partial charge in [0, 0.05) is 19.6 Å². The maximum Gasteiger partial charge on any atom is 0.228 e. The monoisotopic (exact) mass is 392 g/mol. The minimum Gasteiger partial charge on any atom is -0.369 e. The number of fused-ring (bicyclic) bond motifs is 1. The van der Waals surface area contributed by atoms with Crippen molar-refractivity contribution in [3.05, 3.63) is 71.3 Å². The number of amides is 1. The molecule has 0 bridgehead atoms. The van der Waals surface area contributed by atoms with E-state index >= 15 is 0 Å². The molecule has 29 heavy (non-hydrogen) atoms. The maximum atomic E-state index is 12.8. The van der Waals surface area contributed by atoms with Crippen molar-refractivity contribution in [2.45, 2.75) is 52.9 Å². The third-order valence-electron chi connectivity index (χ3n) is 5.75. The summed E-state index contributed by atoms with van der Waals surface area (Å²) >= 11 is 0. The summed E-state index contributed by atoms with van der Waals surface area (Å²) in [4.78, 5) is 15.2. The van der Waals surface area contributed by atoms with Gasteiger partial charge < -0.3 is 5.73 Å². The zero-order valence-corrected chi connectivity index (χ0v) is 18.7. The second kappa shape index (κ2) is 10.4. The molecule has 0 radical (unpaired) electrons. The molecule has 2 rings (SSSR count). The fourth-order valence-electron chi connectivity index (χ4n) is 3.80. The fraction of sp³-hybridized carbons (Fsp3) is 0.423. The van der Waals surface area contributed by atoms with Crippen LogP contribution in [0.2, 0.25) is 0 Å². The van der Waals surface area contributed by atoms with Crippen LogP contribution in [0.3, 0.4) is 0 Å². The first-order valence-electron chi connectivity index (χ1n) is 10.6. The van der Waals surface area contributed by atoms with Crippen LogP contribution in [-0.4, -0.2) is 30.4 Å². The van der Waals surface area contributed by atoms with E-state index in [1.165, 1.54) is 11.1 Å². The van der Waals surface area contributed by atoms with Crippen LogP contribution >= 0.6 is 0 Å². The summed E-state index contributed by atoms with van der Waals surface area (Å²) < 4.78 is 0. The van der Waals surface area contributed by atoms with Gasteiger partial charge in [0.15, 0.2) is 0 Å². The smallest absolute Gasteiger partial charge is 0.228 e. The van der Waals surface area contributed by atoms with Gasteiger partial charge in [0.2, 0.25) is 5.91 Å². The van der Waals surface area contributed by atoms with Crippen LogP contribution in [0.25, 0.3) is 10.8 Å². The first kappa shape index (κ1) is 22.9. The second-order valence-corrected chi connectivity index (χ2v) is 8.40. The van der Waals surface area contributed by atoms with Crippen LogP contribution in [0, 0.1) is 0 Å². The number of nitrogens with zero attached hydrogens (tertiary/aromatic N) is 1. The van der Waals surface area contributed by atoms with Gasteiger partial charge in [-0.15, -0.1) is 0 Å². The van der Waals surface area contributed by atoms with E-state index < -0.39 is 5.41 Å². The van der Waals surface area contributed by atoms with E-state index in [9.17, 15) is 4.79 Å². The molecule has 0 aliphatic heterocycles. The average molecular weight is 393 g/mol. The van der Waals surface area contributed by atoms with Gasteiger partial charge in [-0.25, -0.2) is 0 Å². The lowest BCUT2D eigenvalue weighted by Crippen LogP contribution is -2.44. The van der Waals surface area contributed by atoms with Gasteiger partial charge in [-0.3, -0.25) is 9.69 Å². The number of primary amides is 1. The van der Waals surface area contributed by atoms with E-state index in [4.69, 9.17) is 5.73 Å². The average Bonchev–Trinajstić information content (AvgIpc) is 2.69. The molecule has 1 unspecified atom stereocenters. The largest absolute Gasteiger partial charge is 0.369 e. The molecule has 1 atom stereocenters. The molecule has 2 aromatic carbocycles. The number of carbonyl (C=O) groups is 1. The van der Waals surface area contributed by atoms with E-state index in [0.29, 0.717) is 12.8 Å². The molecule has 3 nitrogen and oxygen atoms in total. The van der Waals surface area contributed by atoms with Crippen LogP contribution in [0.5, 0.6) is 0 Å². The molecule has 1 amide bonds. The van der Waals surface area contributed by atoms with Gasteiger partial charge in [-0.05, 0) is 56.9 Å². The number of hydrogen-bond donors (Lipinski definition) is 1. The molecule has 0 aromatic heterocycles. The predicted octanol–water partition coefficient (Wildman–Crippen LogP) is 5.60. The molecule has 3 heteroatoms. The van der Waals surface area contributed by atoms with Gasteiger partial charge in [0.25, 0.3) is 0 Å². The molecule has 2 N–H and O–H groups in total. The molecule has 0 saturated heterocycles. The highest BCUT2D eigenvalue weighted by atomic mass is 16.1. The van der Waals surface area contributed by atoms with Gasteiger partial charge >= 0.3 is 0 Å². The van der Waals surface area contributed by atoms with Crippen molar-refractivity contribution < 1.29 is 4.79 Å². The summed E-state index contributed by atoms with van der Waals surface area (Å²) in [6.45, 7) is 13.1. The Hall–Kier alpha value is -2.39. The summed E-state index contributed by atoms with van der Waals surface area (Å²) in [5.41, 5.74) is 9.04. The number of carbonyl (C=O) groups excluding carboxylic acids is 1. The molecular weight excluding hydrogens is 356 g/mol. The normalized spacial score (nSPS) is 13.2. The van der Waals surface area contributed by atoms with Gasteiger partial charge in [0.1, 0.15) is 0 Å². The summed E-state index contributed by atoms with van der Waals surface area (Å²) in [6, 6.07) is 14.5. The number of rotatable bonds is 10. The Morgan fingerprint density at radius 1 is 0.966 bits per heavy atom. The maximum absolute atomic E-state index is 12.8. The first-order valence-corrected chi connectivity index (χ1v) is 10.6. The van der Waals surface area contributed by atoms with Crippen molar-refractivity contribution >= 4 is 16.7 Å². The lowest BCUT2D eigenvalue weighted by Gasteiger charge is -2.33. The van der Waals surface area contributed by atoms with Crippen LogP contribution in [0.4, 0.5) is 0 Å². The summed E-state index contributed by atoms with van der Waals surface area (Å²) in [6.07, 6.45) is 5.89. The second-order valence-electron chi connectivity index (χ2n) is 8.40. The molecule has 2 aromatic rings. The van der Waals surface area contributed by atoms with E-state index in [-0.39, 0.29) is 5.91 Å². The van der Waals surface area contributed by atoms with Gasteiger partial charge in [-0.2, -0.15) is 0 Å². The van der Waals surface area contributed by atoms with Crippen molar-refractivity contribution in [2.75, 3.05) is 19.6 Å². The number of hydrogen-bond acceptors (Lipinski definition) is 2. The Bertz CT molecular complexity index is 863. The molecule has 156 valence electrons. The van der Waals surface area contributed by atoms with Crippen LogP contribution in [-0.2, 0) is 10.2 Å². The predicted molar refractivity (Wildman–Crippen MR) is 125 cm³/mol. The first-order chi connectivity index (χ1) is 13.8. The quantitative estimate of drug-likeness (QED) is 0.535. The van der Waals surface area contributed by atoms with Crippen LogP contribution < -0.4 is 5.73 Å². The molecule has 0 aliphatic rings. The van der Waals surface area contributed by atoms with Gasteiger partial charge in [-0.1, -0.05) is 72.7 Å². The number of allylic oxidation sites excluding steroid dienone is 2. The third-order valence-corrected chi connectivity index (χ3v) is 5.75. The zero-order chi connectivity index (χ0) is 21.4. The standard InChI is InChI=1S/C26H36N2O/c1-6-26(25(27)29,24-13-9-11-22-10-7-8-12-23(22)24)16-19-28(17-14-20(2)3)18-15-21(4)5/h7-15H,6,16-19H2,1-5H3,(H2,27,29). The van der Waals surface area contributed by atoms with Crippen LogP contribution in [0.1, 0.15) is 53.0 Å². The lowest BCUT2D eigenvalue weighted by atomic mass is 9.73. The van der Waals surface area contributed by atoms with Crippen molar-refractivity contribution in [2.24, 2.45) is 5.73 Å². The van der Waals surface area contributed by atoms with Crippen molar-refractivity contribution in [3.63, 3.8) is 0 Å². The number of benzene rings is 2. The molecule has 0 spiro atoms. The molecule has 0 heterocycles. The summed E-state index contributed by atoms with van der Waals surface area (Å²) in [5, 5.41) is 2.27. The SMILES string of the molecule is CCC(CCN(CC=C(C)C)CC=C(C)C)(C(N)=O)c1cccc2ccccc12. The third kappa shape index (κ3) is 5.80. The summed E-state index contributed by atoms with van der Waals surface area (Å²) in [5.74, 6) is -0.235. The highest BCUT2D eigenvalue weighted by Gasteiger charge is 2.38. The molecule has 0 aliphatic carbocycles. The minimum absolute atomic E-state index is 0.235. The van der Waals surface area contributed by atoms with Gasteiger partial charge in [0.05, 0.1) is 5.41 Å². The zero-order valence-electron chi connectivity index (χ0n) is 18.7. The topological polar surface area (TPSA) is 46.3 Å². The highest BCUT2D eigenvalue weighted by Crippen LogP contribution is 2.36. The van der Waals surface area contributed by atoms with E-state index in [1.807, 2.05) is 18.2 Å². The Labute approximate surface area is 176 Å². The molecular formula is C26H36N2O. The number of nitrogens with two attached hydrogens (primary N) is 1. The Morgan fingerprint density at radius 3 is 2.10 bits per heavy atom. The molecule has 0 fully saturated rings. The van der Waals surface area contributed by atoms with Crippen molar-refractivity contribution in [3.8, 4) is 0 Å². The Morgan fingerprint density at radius 2 is 1.55 bits per heavy atom. The van der Waals surface area contributed by atoms with Crippen molar-refractivity contribution in [1.82, 2.24) is 4.90 Å². The van der Waals surface area contributed by atoms with E-state index in [2.05, 4.69) is 75.9 Å². The Kier molecular flexibility index (Phi) is 8.21. The van der Waals surface area contributed by atoms with Crippen molar-refractivity contribution in [1.29, 1.82) is 0 Å². The van der Waals surface area contributed by atoms with Crippen LogP contribution in [0.15, 0.2) is 65.8 Å². The highest BCUT2D eigenvalue weighted by molar-refractivity contribution is 5.95. The molecule has 0 saturated carbocycles. The fourth-order valence-corrected chi connectivity index (χ4v) is 3.80. The van der Waals surface area contributed by atoms with E-state index in [1.54, 1.807) is 0 Å². The lowest BCUT2D eigenvalue weighted by molar-refractivity contribution is -0.124. The minimum atomic E-state index is -0.672. The summed E-state index contributed by atoms with van der Waals surface area (Å²) in [7, 11) is 0. The van der Waals surface area contributed by atoms with E-state index in [0.717, 1.165) is 36.0 Å².